The van der Waals surface area contributed by atoms with E-state index in [1.54, 1.807) is 0 Å². The molecule has 0 fully saturated rings. The lowest BCUT2D eigenvalue weighted by atomic mass is 10.2. The summed E-state index contributed by atoms with van der Waals surface area (Å²) in [6.45, 7) is -3.01. The maximum atomic E-state index is 11.9. The van der Waals surface area contributed by atoms with E-state index in [1.807, 2.05) is 0 Å². The molecule has 0 amide bonds. The smallest absolute Gasteiger partial charge is 0.387 e. The summed E-state index contributed by atoms with van der Waals surface area (Å²) in [5.74, 6) is -0.288. The molecule has 0 N–H and O–H groups in total. The van der Waals surface area contributed by atoms with E-state index in [1.165, 1.54) is 6.07 Å². The summed E-state index contributed by atoms with van der Waals surface area (Å²) in [7, 11) is 0. The van der Waals surface area contributed by atoms with E-state index in [0.717, 1.165) is 6.07 Å². The Hall–Kier alpha value is -0.870. The molecule has 6 heteroatoms. The second-order valence-electron chi connectivity index (χ2n) is 2.27. The third-order valence-corrected chi connectivity index (χ3v) is 2.25. The van der Waals surface area contributed by atoms with E-state index >= 15 is 0 Å². The summed E-state index contributed by atoms with van der Waals surface area (Å²) in [5, 5.41) is 0.00944. The van der Waals surface area contributed by atoms with Crippen molar-refractivity contribution in [1.29, 1.82) is 0 Å². The van der Waals surface area contributed by atoms with Gasteiger partial charge in [0.25, 0.3) is 0 Å². The Morgan fingerprint density at radius 2 is 2.00 bits per heavy atom. The lowest BCUT2D eigenvalue weighted by Crippen LogP contribution is -2.04. The van der Waals surface area contributed by atoms with Gasteiger partial charge in [0, 0.05) is 0 Å². The van der Waals surface area contributed by atoms with E-state index in [2.05, 4.69) is 4.74 Å². The molecule has 1 rings (SSSR count). The molecule has 1 aromatic carbocycles. The predicted octanol–water partition coefficient (Wildman–Crippen LogP) is 3.41. The first kappa shape index (κ1) is 11.2. The largest absolute Gasteiger partial charge is 0.434 e. The molecule has 0 spiro atoms. The zero-order chi connectivity index (χ0) is 10.7. The summed E-state index contributed by atoms with van der Waals surface area (Å²) in [6, 6.07) is 2.43. The molecule has 0 saturated heterocycles. The molecule has 0 saturated carbocycles. The third-order valence-electron chi connectivity index (χ3n) is 1.43. The minimum atomic E-state index is -3.01. The maximum Gasteiger partial charge on any atom is 0.387 e. The molecule has 1 aromatic rings. The Morgan fingerprint density at radius 1 is 1.36 bits per heavy atom. The number of rotatable bonds is 3. The van der Waals surface area contributed by atoms with Crippen LogP contribution in [0.5, 0.6) is 5.75 Å². The number of halogens is 4. The highest BCUT2D eigenvalue weighted by molar-refractivity contribution is 6.43. The van der Waals surface area contributed by atoms with Gasteiger partial charge in [0.1, 0.15) is 5.75 Å². The maximum absolute atomic E-state index is 11.9. The van der Waals surface area contributed by atoms with Gasteiger partial charge in [-0.25, -0.2) is 0 Å². The Kier molecular flexibility index (Phi) is 3.66. The van der Waals surface area contributed by atoms with Crippen LogP contribution in [0.4, 0.5) is 8.78 Å². The molecule has 76 valence electrons. The summed E-state index contributed by atoms with van der Waals surface area (Å²) < 4.78 is 27.8. The highest BCUT2D eigenvalue weighted by Gasteiger charge is 2.14. The van der Waals surface area contributed by atoms with Crippen LogP contribution in [0.3, 0.4) is 0 Å². The topological polar surface area (TPSA) is 26.3 Å². The minimum Gasteiger partial charge on any atom is -0.434 e. The molecule has 0 aliphatic carbocycles. The molecule has 0 aliphatic rings. The van der Waals surface area contributed by atoms with Gasteiger partial charge < -0.3 is 4.74 Å². The molecule has 14 heavy (non-hydrogen) atoms. The first-order valence-corrected chi connectivity index (χ1v) is 4.20. The molecule has 0 heterocycles. The van der Waals surface area contributed by atoms with E-state index < -0.39 is 6.61 Å². The third kappa shape index (κ3) is 2.33. The quantitative estimate of drug-likeness (QED) is 0.758. The van der Waals surface area contributed by atoms with Crippen molar-refractivity contribution in [2.75, 3.05) is 0 Å². The average Bonchev–Trinajstić information content (AvgIpc) is 2.11. The van der Waals surface area contributed by atoms with Crippen molar-refractivity contribution < 1.29 is 18.3 Å². The summed E-state index contributed by atoms with van der Waals surface area (Å²) in [6.07, 6.45) is 0.311. The number of carbonyl (C=O) groups excluding carboxylic acids is 1. The Bertz CT molecular complexity index is 355. The molecule has 0 atom stereocenters. The number of carbonyl (C=O) groups is 1. The van der Waals surface area contributed by atoms with E-state index in [9.17, 15) is 13.6 Å². The number of benzene rings is 1. The van der Waals surface area contributed by atoms with Crippen molar-refractivity contribution in [3.63, 3.8) is 0 Å². The standard InChI is InChI=1S/C8H4Cl2F2O2/c9-5-1-2-6(14-8(11)12)4(3-13)7(5)10/h1-3,8H. The van der Waals surface area contributed by atoms with Crippen LogP contribution in [-0.2, 0) is 0 Å². The fourth-order valence-electron chi connectivity index (χ4n) is 0.857. The van der Waals surface area contributed by atoms with Gasteiger partial charge in [-0.15, -0.1) is 0 Å². The zero-order valence-electron chi connectivity index (χ0n) is 6.64. The average molecular weight is 241 g/mol. The van der Waals surface area contributed by atoms with Crippen LogP contribution < -0.4 is 4.74 Å². The van der Waals surface area contributed by atoms with Crippen molar-refractivity contribution in [1.82, 2.24) is 0 Å². The molecule has 2 nitrogen and oxygen atoms in total. The van der Waals surface area contributed by atoms with Crippen LogP contribution in [0, 0.1) is 0 Å². The van der Waals surface area contributed by atoms with Crippen LogP contribution in [0.2, 0.25) is 10.0 Å². The fourth-order valence-corrected chi connectivity index (χ4v) is 1.22. The highest BCUT2D eigenvalue weighted by Crippen LogP contribution is 2.32. The second kappa shape index (κ2) is 4.57. The van der Waals surface area contributed by atoms with Crippen molar-refractivity contribution in [3.8, 4) is 5.75 Å². The van der Waals surface area contributed by atoms with E-state index in [4.69, 9.17) is 23.2 Å². The second-order valence-corrected chi connectivity index (χ2v) is 3.05. The number of aldehydes is 1. The minimum absolute atomic E-state index is 0.0974. The first-order chi connectivity index (χ1) is 6.56. The van der Waals surface area contributed by atoms with Crippen LogP contribution in [0.25, 0.3) is 0 Å². The fraction of sp³-hybridized carbons (Fsp3) is 0.125. The molecular weight excluding hydrogens is 237 g/mol. The number of hydrogen-bond donors (Lipinski definition) is 0. The Labute approximate surface area is 88.4 Å². The van der Waals surface area contributed by atoms with Crippen LogP contribution in [0.1, 0.15) is 10.4 Å². The molecule has 0 unspecified atom stereocenters. The SMILES string of the molecule is O=Cc1c(OC(F)F)ccc(Cl)c1Cl. The van der Waals surface area contributed by atoms with Crippen molar-refractivity contribution in [2.24, 2.45) is 0 Å². The van der Waals surface area contributed by atoms with Crippen molar-refractivity contribution >= 4 is 29.5 Å². The van der Waals surface area contributed by atoms with Gasteiger partial charge in [-0.2, -0.15) is 8.78 Å². The van der Waals surface area contributed by atoms with Crippen LogP contribution in [0.15, 0.2) is 12.1 Å². The Morgan fingerprint density at radius 3 is 2.50 bits per heavy atom. The normalized spacial score (nSPS) is 10.4. The van der Waals surface area contributed by atoms with Gasteiger partial charge >= 0.3 is 6.61 Å². The summed E-state index contributed by atoms with van der Waals surface area (Å²) in [5.41, 5.74) is -0.181. The van der Waals surface area contributed by atoms with Gasteiger partial charge in [0.15, 0.2) is 6.29 Å². The van der Waals surface area contributed by atoms with Gasteiger partial charge in [-0.1, -0.05) is 23.2 Å². The molecule has 0 radical (unpaired) electrons. The van der Waals surface area contributed by atoms with Crippen LogP contribution in [-0.4, -0.2) is 12.9 Å². The van der Waals surface area contributed by atoms with E-state index in [0.29, 0.717) is 6.29 Å². The molecule has 0 aliphatic heterocycles. The number of alkyl halides is 2. The molecule has 0 aromatic heterocycles. The lowest BCUT2D eigenvalue weighted by molar-refractivity contribution is -0.0500. The van der Waals surface area contributed by atoms with Gasteiger partial charge in [0.05, 0.1) is 15.6 Å². The number of hydrogen-bond acceptors (Lipinski definition) is 2. The predicted molar refractivity (Wildman–Crippen MR) is 48.5 cm³/mol. The number of ether oxygens (including phenoxy) is 1. The monoisotopic (exact) mass is 240 g/mol. The molecular formula is C8H4Cl2F2O2. The summed E-state index contributed by atoms with van der Waals surface area (Å²) >= 11 is 11.2. The van der Waals surface area contributed by atoms with Gasteiger partial charge in [0.2, 0.25) is 0 Å². The van der Waals surface area contributed by atoms with Crippen molar-refractivity contribution in [2.45, 2.75) is 6.61 Å². The van der Waals surface area contributed by atoms with Gasteiger partial charge in [-0.05, 0) is 12.1 Å². The Balaban J connectivity index is 3.17. The molecule has 0 bridgehead atoms. The van der Waals surface area contributed by atoms with Crippen LogP contribution >= 0.6 is 23.2 Å². The lowest BCUT2D eigenvalue weighted by Gasteiger charge is -2.08. The zero-order valence-corrected chi connectivity index (χ0v) is 8.15. The first-order valence-electron chi connectivity index (χ1n) is 3.44. The van der Waals surface area contributed by atoms with E-state index in [-0.39, 0.29) is 21.4 Å². The summed E-state index contributed by atoms with van der Waals surface area (Å²) in [4.78, 5) is 10.5. The van der Waals surface area contributed by atoms with Gasteiger partial charge in [-0.3, -0.25) is 4.79 Å². The van der Waals surface area contributed by atoms with Crippen molar-refractivity contribution in [3.05, 3.63) is 27.7 Å². The highest BCUT2D eigenvalue weighted by atomic mass is 35.5.